The van der Waals surface area contributed by atoms with Crippen molar-refractivity contribution >= 4 is 11.6 Å². The van der Waals surface area contributed by atoms with Gasteiger partial charge in [-0.05, 0) is 30.9 Å². The molecular weight excluding hydrogens is 294 g/mol. The van der Waals surface area contributed by atoms with Crippen molar-refractivity contribution in [3.8, 4) is 22.9 Å². The van der Waals surface area contributed by atoms with Gasteiger partial charge in [-0.15, -0.1) is 0 Å². The summed E-state index contributed by atoms with van der Waals surface area (Å²) in [6, 6.07) is 3.27. The molecule has 0 radical (unpaired) electrons. The maximum Gasteiger partial charge on any atom is 0.244 e. The minimum Gasteiger partial charge on any atom is -0.493 e. The third kappa shape index (κ3) is 2.69. The molecule has 0 amide bonds. The summed E-state index contributed by atoms with van der Waals surface area (Å²) in [5.41, 5.74) is 6.75. The summed E-state index contributed by atoms with van der Waals surface area (Å²) in [7, 11) is 3.08. The normalized spacial score (nSPS) is 15.8. The third-order valence-electron chi connectivity index (χ3n) is 3.55. The molecule has 1 aromatic heterocycles. The number of methoxy groups -OCH3 is 2. The zero-order valence-corrected chi connectivity index (χ0v) is 12.6. The van der Waals surface area contributed by atoms with Gasteiger partial charge in [0.1, 0.15) is 0 Å². The van der Waals surface area contributed by atoms with Crippen LogP contribution in [-0.2, 0) is 0 Å². The topological polar surface area (TPSA) is 83.4 Å². The second kappa shape index (κ2) is 5.54. The molecule has 1 atom stereocenters. The van der Waals surface area contributed by atoms with Crippen LogP contribution in [0.2, 0.25) is 5.02 Å². The fourth-order valence-corrected chi connectivity index (χ4v) is 2.48. The Morgan fingerprint density at radius 3 is 2.71 bits per heavy atom. The standard InChI is InChI=1S/C14H16ClN3O3/c1-19-10-6-8(5-9(15)12(10)20-2)13-17-14(21-18-13)11(16)7-3-4-7/h5-7,11H,3-4,16H2,1-2H3. The van der Waals surface area contributed by atoms with Gasteiger partial charge >= 0.3 is 0 Å². The summed E-state index contributed by atoms with van der Waals surface area (Å²) in [6.07, 6.45) is 2.22. The number of ether oxygens (including phenoxy) is 2. The number of rotatable bonds is 5. The number of nitrogens with two attached hydrogens (primary N) is 1. The lowest BCUT2D eigenvalue weighted by atomic mass is 10.2. The molecular formula is C14H16ClN3O3. The van der Waals surface area contributed by atoms with Crippen LogP contribution in [0.1, 0.15) is 24.8 Å². The van der Waals surface area contributed by atoms with Crippen LogP contribution in [0.5, 0.6) is 11.5 Å². The van der Waals surface area contributed by atoms with E-state index in [-0.39, 0.29) is 6.04 Å². The lowest BCUT2D eigenvalue weighted by Gasteiger charge is -2.10. The van der Waals surface area contributed by atoms with Crippen molar-refractivity contribution in [3.05, 3.63) is 23.0 Å². The Morgan fingerprint density at radius 2 is 2.10 bits per heavy atom. The monoisotopic (exact) mass is 309 g/mol. The number of hydrogen-bond donors (Lipinski definition) is 1. The summed E-state index contributed by atoms with van der Waals surface area (Å²) in [6.45, 7) is 0. The average molecular weight is 310 g/mol. The number of benzene rings is 1. The van der Waals surface area contributed by atoms with Gasteiger partial charge in [-0.25, -0.2) is 0 Å². The van der Waals surface area contributed by atoms with Gasteiger partial charge in [-0.1, -0.05) is 16.8 Å². The Labute approximate surface area is 127 Å². The van der Waals surface area contributed by atoms with Crippen molar-refractivity contribution in [2.75, 3.05) is 14.2 Å². The Kier molecular flexibility index (Phi) is 3.73. The summed E-state index contributed by atoms with van der Waals surface area (Å²) >= 11 is 6.18. The molecule has 0 spiro atoms. The summed E-state index contributed by atoms with van der Waals surface area (Å²) in [4.78, 5) is 4.36. The highest BCUT2D eigenvalue weighted by Gasteiger charge is 2.33. The Bertz CT molecular complexity index is 655. The first-order chi connectivity index (χ1) is 10.1. The molecule has 1 aliphatic carbocycles. The van der Waals surface area contributed by atoms with E-state index in [0.29, 0.717) is 39.7 Å². The number of aromatic nitrogens is 2. The van der Waals surface area contributed by atoms with E-state index in [9.17, 15) is 0 Å². The van der Waals surface area contributed by atoms with E-state index in [1.165, 1.54) is 7.11 Å². The van der Waals surface area contributed by atoms with Crippen LogP contribution in [-0.4, -0.2) is 24.4 Å². The van der Waals surface area contributed by atoms with Crippen molar-refractivity contribution < 1.29 is 14.0 Å². The predicted octanol–water partition coefficient (Wildman–Crippen LogP) is 2.82. The highest BCUT2D eigenvalue weighted by Crippen LogP contribution is 2.41. The smallest absolute Gasteiger partial charge is 0.244 e. The highest BCUT2D eigenvalue weighted by atomic mass is 35.5. The van der Waals surface area contributed by atoms with Crippen LogP contribution in [0.4, 0.5) is 0 Å². The zero-order valence-electron chi connectivity index (χ0n) is 11.8. The van der Waals surface area contributed by atoms with Crippen molar-refractivity contribution in [1.29, 1.82) is 0 Å². The fourth-order valence-electron chi connectivity index (χ4n) is 2.19. The molecule has 0 aliphatic heterocycles. The van der Waals surface area contributed by atoms with Crippen LogP contribution < -0.4 is 15.2 Å². The molecule has 2 aromatic rings. The van der Waals surface area contributed by atoms with Gasteiger partial charge in [0.15, 0.2) is 11.5 Å². The molecule has 112 valence electrons. The number of halogens is 1. The lowest BCUT2D eigenvalue weighted by molar-refractivity contribution is 0.343. The van der Waals surface area contributed by atoms with Crippen molar-refractivity contribution in [2.24, 2.45) is 11.7 Å². The molecule has 1 aliphatic rings. The molecule has 6 nitrogen and oxygen atoms in total. The Morgan fingerprint density at radius 1 is 1.33 bits per heavy atom. The minimum atomic E-state index is -0.193. The van der Waals surface area contributed by atoms with E-state index in [1.807, 2.05) is 0 Å². The Hall–Kier alpha value is -1.79. The molecule has 0 bridgehead atoms. The molecule has 1 fully saturated rings. The van der Waals surface area contributed by atoms with Crippen LogP contribution in [0.15, 0.2) is 16.7 Å². The van der Waals surface area contributed by atoms with Crippen LogP contribution in [0.25, 0.3) is 11.4 Å². The van der Waals surface area contributed by atoms with Gasteiger partial charge in [-0.2, -0.15) is 4.98 Å². The largest absolute Gasteiger partial charge is 0.493 e. The van der Waals surface area contributed by atoms with E-state index < -0.39 is 0 Å². The second-order valence-electron chi connectivity index (χ2n) is 5.01. The van der Waals surface area contributed by atoms with Crippen molar-refractivity contribution in [3.63, 3.8) is 0 Å². The lowest BCUT2D eigenvalue weighted by Crippen LogP contribution is -2.12. The maximum absolute atomic E-state index is 6.18. The van der Waals surface area contributed by atoms with Crippen LogP contribution >= 0.6 is 11.6 Å². The van der Waals surface area contributed by atoms with Crippen molar-refractivity contribution in [1.82, 2.24) is 10.1 Å². The number of hydrogen-bond acceptors (Lipinski definition) is 6. The molecule has 1 unspecified atom stereocenters. The van der Waals surface area contributed by atoms with Gasteiger partial charge in [-0.3, -0.25) is 0 Å². The van der Waals surface area contributed by atoms with Crippen molar-refractivity contribution in [2.45, 2.75) is 18.9 Å². The van der Waals surface area contributed by atoms with Crippen LogP contribution in [0.3, 0.4) is 0 Å². The molecule has 7 heteroatoms. The highest BCUT2D eigenvalue weighted by molar-refractivity contribution is 6.32. The first kappa shape index (κ1) is 14.2. The quantitative estimate of drug-likeness (QED) is 0.914. The van der Waals surface area contributed by atoms with E-state index in [2.05, 4.69) is 10.1 Å². The van der Waals surface area contributed by atoms with Gasteiger partial charge in [0.05, 0.1) is 25.3 Å². The molecule has 1 saturated carbocycles. The average Bonchev–Trinajstić information content (AvgIpc) is 3.22. The van der Waals surface area contributed by atoms with Gasteiger partial charge in [0.25, 0.3) is 0 Å². The first-order valence-corrected chi connectivity index (χ1v) is 7.03. The van der Waals surface area contributed by atoms with Gasteiger partial charge in [0, 0.05) is 5.56 Å². The maximum atomic E-state index is 6.18. The summed E-state index contributed by atoms with van der Waals surface area (Å²) < 4.78 is 15.7. The molecule has 1 aromatic carbocycles. The molecule has 0 saturated heterocycles. The zero-order chi connectivity index (χ0) is 15.0. The first-order valence-electron chi connectivity index (χ1n) is 6.65. The Balaban J connectivity index is 1.94. The minimum absolute atomic E-state index is 0.193. The SMILES string of the molecule is COc1cc(-c2noc(C(N)C3CC3)n2)cc(Cl)c1OC. The molecule has 3 rings (SSSR count). The molecule has 21 heavy (non-hydrogen) atoms. The predicted molar refractivity (Wildman–Crippen MR) is 77.5 cm³/mol. The summed E-state index contributed by atoms with van der Waals surface area (Å²) in [5.74, 6) is 2.33. The van der Waals surface area contributed by atoms with E-state index >= 15 is 0 Å². The van der Waals surface area contributed by atoms with Crippen LogP contribution in [0, 0.1) is 5.92 Å². The molecule has 2 N–H and O–H groups in total. The molecule has 1 heterocycles. The fraction of sp³-hybridized carbons (Fsp3) is 0.429. The van der Waals surface area contributed by atoms with E-state index in [4.69, 9.17) is 31.3 Å². The second-order valence-corrected chi connectivity index (χ2v) is 5.42. The summed E-state index contributed by atoms with van der Waals surface area (Å²) in [5, 5.41) is 4.39. The van der Waals surface area contributed by atoms with E-state index in [1.54, 1.807) is 19.2 Å². The number of nitrogens with zero attached hydrogens (tertiary/aromatic N) is 2. The van der Waals surface area contributed by atoms with Gasteiger partial charge < -0.3 is 19.7 Å². The third-order valence-corrected chi connectivity index (χ3v) is 3.83. The van der Waals surface area contributed by atoms with Gasteiger partial charge in [0.2, 0.25) is 11.7 Å². The van der Waals surface area contributed by atoms with E-state index in [0.717, 1.165) is 12.8 Å².